The number of imidazole rings is 1. The second kappa shape index (κ2) is 11.1. The highest BCUT2D eigenvalue weighted by Crippen LogP contribution is 2.33. The van der Waals surface area contributed by atoms with Crippen molar-refractivity contribution in [2.45, 2.75) is 58.1 Å². The van der Waals surface area contributed by atoms with Gasteiger partial charge in [0.1, 0.15) is 5.82 Å². The summed E-state index contributed by atoms with van der Waals surface area (Å²) >= 11 is 0. The van der Waals surface area contributed by atoms with E-state index in [1.807, 2.05) is 59.5 Å². The van der Waals surface area contributed by atoms with Crippen molar-refractivity contribution in [3.05, 3.63) is 66.0 Å². The van der Waals surface area contributed by atoms with Gasteiger partial charge in [0.2, 0.25) is 11.8 Å². The number of amides is 2. The van der Waals surface area contributed by atoms with Crippen LogP contribution in [0.1, 0.15) is 62.9 Å². The number of carbonyl (C=O) groups is 2. The van der Waals surface area contributed by atoms with Crippen LogP contribution in [0.15, 0.2) is 54.6 Å². The zero-order valence-corrected chi connectivity index (χ0v) is 19.1. The fraction of sp³-hybridized carbons (Fsp3) is 0.423. The number of benzene rings is 2. The maximum Gasteiger partial charge on any atom is 0.244 e. The van der Waals surface area contributed by atoms with Gasteiger partial charge in [-0.1, -0.05) is 62.2 Å². The smallest absolute Gasteiger partial charge is 0.244 e. The summed E-state index contributed by atoms with van der Waals surface area (Å²) in [6.07, 6.45) is 4.49. The normalized spacial score (nSPS) is 16.8. The zero-order chi connectivity index (χ0) is 23.0. The summed E-state index contributed by atoms with van der Waals surface area (Å²) in [4.78, 5) is 41.5. The third-order valence-corrected chi connectivity index (χ3v) is 6.21. The van der Waals surface area contributed by atoms with Gasteiger partial charge in [0.25, 0.3) is 0 Å². The van der Waals surface area contributed by atoms with Crippen molar-refractivity contribution in [3.63, 3.8) is 0 Å². The number of nitrogens with one attached hydrogen (secondary N) is 2. The number of nitrogens with zero attached hydrogens (tertiary/aromatic N) is 2. The highest BCUT2D eigenvalue weighted by Gasteiger charge is 2.36. The molecule has 0 saturated carbocycles. The minimum absolute atomic E-state index is 0.0321. The number of aromatic amines is 1. The first kappa shape index (κ1) is 23.0. The summed E-state index contributed by atoms with van der Waals surface area (Å²) in [7, 11) is 0. The molecule has 1 aliphatic heterocycles. The molecule has 0 spiro atoms. The van der Waals surface area contributed by atoms with Crippen molar-refractivity contribution >= 4 is 22.8 Å². The van der Waals surface area contributed by atoms with E-state index in [1.165, 1.54) is 0 Å². The third kappa shape index (κ3) is 5.79. The fourth-order valence-corrected chi connectivity index (χ4v) is 4.48. The number of unbranched alkanes of at least 4 members (excludes halogenated alkanes) is 1. The minimum atomic E-state index is -0.366. The molecular formula is C26H32N4O3. The molecule has 33 heavy (non-hydrogen) atoms. The van der Waals surface area contributed by atoms with Crippen LogP contribution in [0.25, 0.3) is 11.0 Å². The lowest BCUT2D eigenvalue weighted by Gasteiger charge is -2.28. The van der Waals surface area contributed by atoms with Crippen molar-refractivity contribution in [2.75, 3.05) is 6.54 Å². The molecule has 2 aromatic carbocycles. The highest BCUT2D eigenvalue weighted by atomic mass is 16.6. The Labute approximate surface area is 194 Å². The lowest BCUT2D eigenvalue weighted by molar-refractivity contribution is -0.143. The highest BCUT2D eigenvalue weighted by molar-refractivity contribution is 5.86. The summed E-state index contributed by atoms with van der Waals surface area (Å²) < 4.78 is 0. The molecule has 1 fully saturated rings. The van der Waals surface area contributed by atoms with E-state index in [0.717, 1.165) is 48.1 Å². The number of H-pyrrole nitrogens is 1. The molecule has 2 amide bonds. The van der Waals surface area contributed by atoms with Gasteiger partial charge in [-0.15, -0.1) is 0 Å². The average molecular weight is 449 g/mol. The maximum atomic E-state index is 13.5. The Balaban J connectivity index is 1.39. The van der Waals surface area contributed by atoms with E-state index in [1.54, 1.807) is 0 Å². The van der Waals surface area contributed by atoms with Gasteiger partial charge in [0, 0.05) is 18.9 Å². The SMILES string of the molecule is CCCCC(CC(=O)NOCc1ccccc1)C(=O)N1CCCC1c1nc2ccccc2[nH]1. The molecule has 4 rings (SSSR count). The van der Waals surface area contributed by atoms with Gasteiger partial charge >= 0.3 is 0 Å². The van der Waals surface area contributed by atoms with Crippen LogP contribution in [0, 0.1) is 5.92 Å². The monoisotopic (exact) mass is 448 g/mol. The lowest BCUT2D eigenvalue weighted by atomic mass is 9.96. The molecule has 2 N–H and O–H groups in total. The van der Waals surface area contributed by atoms with Crippen LogP contribution in [-0.4, -0.2) is 33.2 Å². The van der Waals surface area contributed by atoms with Crippen molar-refractivity contribution in [2.24, 2.45) is 5.92 Å². The molecule has 7 nitrogen and oxygen atoms in total. The number of para-hydroxylation sites is 2. The molecule has 1 aromatic heterocycles. The average Bonchev–Trinajstić information content (AvgIpc) is 3.49. The van der Waals surface area contributed by atoms with Crippen LogP contribution in [0.4, 0.5) is 0 Å². The molecule has 0 bridgehead atoms. The predicted octanol–water partition coefficient (Wildman–Crippen LogP) is 4.67. The second-order valence-corrected chi connectivity index (χ2v) is 8.67. The van der Waals surface area contributed by atoms with Gasteiger partial charge in [0.15, 0.2) is 0 Å². The quantitative estimate of drug-likeness (QED) is 0.441. The molecular weight excluding hydrogens is 416 g/mol. The van der Waals surface area contributed by atoms with Gasteiger partial charge in [-0.05, 0) is 37.0 Å². The van der Waals surface area contributed by atoms with E-state index < -0.39 is 0 Å². The first-order valence-electron chi connectivity index (χ1n) is 11.9. The maximum absolute atomic E-state index is 13.5. The topological polar surface area (TPSA) is 87.3 Å². The van der Waals surface area contributed by atoms with Crippen molar-refractivity contribution in [3.8, 4) is 0 Å². The Bertz CT molecular complexity index is 1030. The summed E-state index contributed by atoms with van der Waals surface area (Å²) in [6, 6.07) is 17.5. The van der Waals surface area contributed by atoms with Crippen LogP contribution < -0.4 is 5.48 Å². The number of rotatable bonds is 10. The molecule has 3 aromatic rings. The number of carbonyl (C=O) groups excluding carboxylic acids is 2. The van der Waals surface area contributed by atoms with E-state index in [-0.39, 0.29) is 30.2 Å². The van der Waals surface area contributed by atoms with Crippen molar-refractivity contribution < 1.29 is 14.4 Å². The molecule has 1 aliphatic rings. The van der Waals surface area contributed by atoms with Crippen LogP contribution in [0.5, 0.6) is 0 Å². The van der Waals surface area contributed by atoms with Crippen LogP contribution in [0.3, 0.4) is 0 Å². The summed E-state index contributed by atoms with van der Waals surface area (Å²) in [5, 5.41) is 0. The van der Waals surface area contributed by atoms with Crippen molar-refractivity contribution in [1.29, 1.82) is 0 Å². The Hall–Kier alpha value is -3.19. The van der Waals surface area contributed by atoms with Gasteiger partial charge in [-0.25, -0.2) is 10.5 Å². The zero-order valence-electron chi connectivity index (χ0n) is 19.1. The largest absolute Gasteiger partial charge is 0.340 e. The Morgan fingerprint density at radius 1 is 1.18 bits per heavy atom. The first-order valence-corrected chi connectivity index (χ1v) is 11.9. The number of hydroxylamine groups is 1. The summed E-state index contributed by atoms with van der Waals surface area (Å²) in [5.74, 6) is 0.228. The third-order valence-electron chi connectivity index (χ3n) is 6.21. The molecule has 0 aliphatic carbocycles. The molecule has 0 radical (unpaired) electrons. The Morgan fingerprint density at radius 2 is 1.97 bits per heavy atom. The minimum Gasteiger partial charge on any atom is -0.340 e. The van der Waals surface area contributed by atoms with Gasteiger partial charge in [0.05, 0.1) is 23.7 Å². The number of aromatic nitrogens is 2. The van der Waals surface area contributed by atoms with E-state index >= 15 is 0 Å². The predicted molar refractivity (Wildman–Crippen MR) is 127 cm³/mol. The van der Waals surface area contributed by atoms with E-state index in [4.69, 9.17) is 9.82 Å². The molecule has 2 heterocycles. The molecule has 2 unspecified atom stereocenters. The van der Waals surface area contributed by atoms with E-state index in [0.29, 0.717) is 19.6 Å². The summed E-state index contributed by atoms with van der Waals surface area (Å²) in [5.41, 5.74) is 5.37. The molecule has 1 saturated heterocycles. The van der Waals surface area contributed by atoms with Crippen LogP contribution in [-0.2, 0) is 21.0 Å². The standard InChI is InChI=1S/C26H32N4O3/c1-2-3-12-20(17-24(31)29-33-18-19-10-5-4-6-11-19)26(32)30-16-9-15-23(30)25-27-21-13-7-8-14-22(21)28-25/h4-8,10-11,13-14,20,23H,2-3,9,12,15-18H2,1H3,(H,27,28)(H,29,31). The fourth-order valence-electron chi connectivity index (χ4n) is 4.48. The Morgan fingerprint density at radius 3 is 2.76 bits per heavy atom. The number of fused-ring (bicyclic) bond motifs is 1. The Kier molecular flexibility index (Phi) is 7.73. The first-order chi connectivity index (χ1) is 16.2. The van der Waals surface area contributed by atoms with Gasteiger partial charge in [-0.3, -0.25) is 14.4 Å². The molecule has 7 heteroatoms. The van der Waals surface area contributed by atoms with Gasteiger partial charge < -0.3 is 9.88 Å². The molecule has 2 atom stereocenters. The lowest BCUT2D eigenvalue weighted by Crippen LogP contribution is -2.38. The van der Waals surface area contributed by atoms with Gasteiger partial charge in [-0.2, -0.15) is 0 Å². The number of hydrogen-bond acceptors (Lipinski definition) is 4. The van der Waals surface area contributed by atoms with E-state index in [9.17, 15) is 9.59 Å². The van der Waals surface area contributed by atoms with Crippen LogP contribution >= 0.6 is 0 Å². The van der Waals surface area contributed by atoms with Crippen LogP contribution in [0.2, 0.25) is 0 Å². The summed E-state index contributed by atoms with van der Waals surface area (Å²) in [6.45, 7) is 3.08. The van der Waals surface area contributed by atoms with Crippen molar-refractivity contribution in [1.82, 2.24) is 20.3 Å². The van der Waals surface area contributed by atoms with E-state index in [2.05, 4.69) is 17.4 Å². The number of hydrogen-bond donors (Lipinski definition) is 2. The number of likely N-dealkylation sites (tertiary alicyclic amines) is 1. The second-order valence-electron chi connectivity index (χ2n) is 8.67. The molecule has 174 valence electrons.